The monoisotopic (exact) mass is 363 g/mol. The smallest absolute Gasteiger partial charge is 0.417 e. The van der Waals surface area contributed by atoms with Gasteiger partial charge in [-0.05, 0) is 31.6 Å². The van der Waals surface area contributed by atoms with Crippen LogP contribution in [0.25, 0.3) is 0 Å². The topological polar surface area (TPSA) is 80.6 Å². The second-order valence-electron chi connectivity index (χ2n) is 5.37. The van der Waals surface area contributed by atoms with Gasteiger partial charge in [0.25, 0.3) is 0 Å². The molecule has 8 heteroatoms. The van der Waals surface area contributed by atoms with Crippen molar-refractivity contribution >= 4 is 11.6 Å². The average Bonchev–Trinajstić information content (AvgIpc) is 2.80. The lowest BCUT2D eigenvalue weighted by Gasteiger charge is -2.27. The van der Waals surface area contributed by atoms with Crippen molar-refractivity contribution in [3.63, 3.8) is 0 Å². The molecule has 25 heavy (non-hydrogen) atoms. The van der Waals surface area contributed by atoms with Crippen LogP contribution >= 0.6 is 11.6 Å². The molecule has 0 aliphatic carbocycles. The molecule has 0 spiro atoms. The van der Waals surface area contributed by atoms with Gasteiger partial charge in [0.15, 0.2) is 16.9 Å². The van der Waals surface area contributed by atoms with Gasteiger partial charge in [-0.3, -0.25) is 0 Å². The number of allylic oxidation sites excluding steroid dienone is 2. The van der Waals surface area contributed by atoms with Crippen LogP contribution in [-0.2, 0) is 16.5 Å². The van der Waals surface area contributed by atoms with E-state index in [9.17, 15) is 18.4 Å². The highest BCUT2D eigenvalue weighted by atomic mass is 35.5. The summed E-state index contributed by atoms with van der Waals surface area (Å²) in [6.07, 6.45) is -4.67. The number of hydrogen-bond acceptors (Lipinski definition) is 4. The van der Waals surface area contributed by atoms with Crippen LogP contribution in [0.5, 0.6) is 0 Å². The van der Waals surface area contributed by atoms with Crippen LogP contribution in [0.15, 0.2) is 40.7 Å². The molecule has 126 valence electrons. The van der Waals surface area contributed by atoms with Crippen molar-refractivity contribution in [2.24, 2.45) is 0 Å². The second-order valence-corrected chi connectivity index (χ2v) is 5.77. The molecule has 1 aliphatic heterocycles. The number of hydrogen-bond donors (Lipinski definition) is 0. The third-order valence-electron chi connectivity index (χ3n) is 4.01. The fourth-order valence-corrected chi connectivity index (χ4v) is 2.72. The van der Waals surface area contributed by atoms with Crippen LogP contribution in [0.4, 0.5) is 13.2 Å². The number of nitriles is 3. The zero-order valence-corrected chi connectivity index (χ0v) is 13.7. The van der Waals surface area contributed by atoms with Crippen LogP contribution in [0.2, 0.25) is 5.02 Å². The number of benzene rings is 1. The molecule has 0 fully saturated rings. The fourth-order valence-electron chi connectivity index (χ4n) is 2.49. The Hall–Kier alpha value is -2.95. The molecule has 1 atom stereocenters. The van der Waals surface area contributed by atoms with Crippen LogP contribution in [-0.4, -0.2) is 0 Å². The summed E-state index contributed by atoms with van der Waals surface area (Å²) in [5.74, 6) is -0.240. The molecule has 1 unspecified atom stereocenters. The lowest BCUT2D eigenvalue weighted by atomic mass is 9.87. The zero-order valence-electron chi connectivity index (χ0n) is 13.0. The predicted molar refractivity (Wildman–Crippen MR) is 81.5 cm³/mol. The standard InChI is InChI=1S/C17H9ClF3N3O/c1-9-12(8-24)15(10(6-22)7-23)25-16(9,2)11-3-4-14(18)13(5-11)17(19,20)21/h3-5H,1-2H3. The van der Waals surface area contributed by atoms with Crippen molar-refractivity contribution < 1.29 is 17.9 Å². The lowest BCUT2D eigenvalue weighted by Crippen LogP contribution is -2.24. The third-order valence-corrected chi connectivity index (χ3v) is 4.34. The Labute approximate surface area is 146 Å². The Balaban J connectivity index is 2.72. The van der Waals surface area contributed by atoms with E-state index in [0.717, 1.165) is 12.1 Å². The molecule has 0 bridgehead atoms. The van der Waals surface area contributed by atoms with Gasteiger partial charge in [0.05, 0.1) is 16.2 Å². The Morgan fingerprint density at radius 3 is 2.28 bits per heavy atom. The van der Waals surface area contributed by atoms with Gasteiger partial charge in [0.2, 0.25) is 0 Å². The molecule has 1 aromatic carbocycles. The minimum absolute atomic E-state index is 0.0518. The van der Waals surface area contributed by atoms with Crippen LogP contribution in [0, 0.1) is 34.0 Å². The minimum Gasteiger partial charge on any atom is -0.475 e. The SMILES string of the molecule is CC1=C(C#N)C(=C(C#N)C#N)OC1(C)c1ccc(Cl)c(C(F)(F)F)c1. The van der Waals surface area contributed by atoms with E-state index in [-0.39, 0.29) is 16.9 Å². The van der Waals surface area contributed by atoms with Crippen molar-refractivity contribution in [3.8, 4) is 18.2 Å². The first kappa shape index (κ1) is 18.4. The molecule has 1 heterocycles. The Morgan fingerprint density at radius 1 is 1.20 bits per heavy atom. The van der Waals surface area contributed by atoms with Crippen LogP contribution in [0.1, 0.15) is 25.0 Å². The summed E-state index contributed by atoms with van der Waals surface area (Å²) < 4.78 is 45.0. The quantitative estimate of drug-likeness (QED) is 0.674. The largest absolute Gasteiger partial charge is 0.475 e. The van der Waals surface area contributed by atoms with Gasteiger partial charge in [0, 0.05) is 5.56 Å². The van der Waals surface area contributed by atoms with E-state index in [0.29, 0.717) is 5.57 Å². The highest BCUT2D eigenvalue weighted by Gasteiger charge is 2.44. The molecular weight excluding hydrogens is 355 g/mol. The van der Waals surface area contributed by atoms with Gasteiger partial charge in [-0.2, -0.15) is 29.0 Å². The Morgan fingerprint density at radius 2 is 1.80 bits per heavy atom. The predicted octanol–water partition coefficient (Wildman–Crippen LogP) is 4.75. The minimum atomic E-state index is -4.67. The number of ether oxygens (including phenoxy) is 1. The fraction of sp³-hybridized carbons (Fsp3) is 0.235. The van der Waals surface area contributed by atoms with Crippen molar-refractivity contribution in [1.82, 2.24) is 0 Å². The Kier molecular flexibility index (Phi) is 4.53. The molecule has 1 aromatic rings. The highest BCUT2D eigenvalue weighted by Crippen LogP contribution is 2.47. The molecule has 1 aliphatic rings. The van der Waals surface area contributed by atoms with Crippen molar-refractivity contribution in [2.45, 2.75) is 25.6 Å². The number of alkyl halides is 3. The molecule has 0 N–H and O–H groups in total. The molecule has 4 nitrogen and oxygen atoms in total. The summed E-state index contributed by atoms with van der Waals surface area (Å²) in [6, 6.07) is 8.35. The van der Waals surface area contributed by atoms with E-state index in [1.807, 2.05) is 6.07 Å². The van der Waals surface area contributed by atoms with Gasteiger partial charge in [-0.15, -0.1) is 0 Å². The van der Waals surface area contributed by atoms with Gasteiger partial charge < -0.3 is 4.74 Å². The average molecular weight is 364 g/mol. The normalized spacial score (nSPS) is 19.7. The zero-order chi connectivity index (χ0) is 19.0. The number of rotatable bonds is 1. The molecule has 0 saturated carbocycles. The number of halogens is 4. The van der Waals surface area contributed by atoms with Crippen LogP contribution < -0.4 is 0 Å². The first-order chi connectivity index (χ1) is 11.6. The van der Waals surface area contributed by atoms with Gasteiger partial charge in [-0.1, -0.05) is 17.7 Å². The summed E-state index contributed by atoms with van der Waals surface area (Å²) in [4.78, 5) is 0. The van der Waals surface area contributed by atoms with Crippen molar-refractivity contribution in [1.29, 1.82) is 15.8 Å². The summed E-state index contributed by atoms with van der Waals surface area (Å²) in [5.41, 5.74) is -2.57. The number of nitrogens with zero attached hydrogens (tertiary/aromatic N) is 3. The maximum absolute atomic E-state index is 13.1. The van der Waals surface area contributed by atoms with E-state index in [4.69, 9.17) is 26.9 Å². The molecular formula is C17H9ClF3N3O. The third kappa shape index (κ3) is 2.93. The maximum Gasteiger partial charge on any atom is 0.417 e. The molecule has 0 saturated heterocycles. The summed E-state index contributed by atoms with van der Waals surface area (Å²) >= 11 is 5.63. The summed E-state index contributed by atoms with van der Waals surface area (Å²) in [7, 11) is 0. The van der Waals surface area contributed by atoms with Gasteiger partial charge >= 0.3 is 6.18 Å². The first-order valence-corrected chi connectivity index (χ1v) is 7.20. The maximum atomic E-state index is 13.1. The molecule has 0 aromatic heterocycles. The molecule has 0 amide bonds. The molecule has 0 radical (unpaired) electrons. The molecule has 2 rings (SSSR count). The van der Waals surface area contributed by atoms with E-state index in [2.05, 4.69) is 0 Å². The van der Waals surface area contributed by atoms with Crippen LogP contribution in [0.3, 0.4) is 0 Å². The summed E-state index contributed by atoms with van der Waals surface area (Å²) in [5, 5.41) is 26.9. The second kappa shape index (κ2) is 6.16. The first-order valence-electron chi connectivity index (χ1n) is 6.82. The van der Waals surface area contributed by atoms with Gasteiger partial charge in [-0.25, -0.2) is 0 Å². The van der Waals surface area contributed by atoms with Crippen molar-refractivity contribution in [2.75, 3.05) is 0 Å². The Bertz CT molecular complexity index is 926. The van der Waals surface area contributed by atoms with Gasteiger partial charge in [0.1, 0.15) is 18.2 Å². The van der Waals surface area contributed by atoms with E-state index < -0.39 is 27.9 Å². The van der Waals surface area contributed by atoms with E-state index in [1.54, 1.807) is 12.1 Å². The lowest BCUT2D eigenvalue weighted by molar-refractivity contribution is -0.137. The highest BCUT2D eigenvalue weighted by molar-refractivity contribution is 6.31. The van der Waals surface area contributed by atoms with E-state index in [1.165, 1.54) is 19.9 Å². The van der Waals surface area contributed by atoms with Crippen molar-refractivity contribution in [3.05, 3.63) is 56.8 Å². The summed E-state index contributed by atoms with van der Waals surface area (Å²) in [6.45, 7) is 2.96. The van der Waals surface area contributed by atoms with E-state index >= 15 is 0 Å².